The number of aromatic hydroxyl groups is 1. The first-order valence-corrected chi connectivity index (χ1v) is 22.3. The molecule has 1 aromatic heterocycles. The predicted molar refractivity (Wildman–Crippen MR) is 255 cm³/mol. The van der Waals surface area contributed by atoms with Crippen LogP contribution >= 0.6 is 0 Å². The Morgan fingerprint density at radius 3 is 2.29 bits per heavy atom. The zero-order chi connectivity index (χ0) is 45.7. The Kier molecular flexibility index (Phi) is 15.8. The number of aromatic nitrogens is 1. The lowest BCUT2D eigenvalue weighted by Gasteiger charge is -2.31. The number of hydrogen-bond acceptors (Lipinski definition) is 9. The van der Waals surface area contributed by atoms with Gasteiger partial charge in [0.25, 0.3) is 0 Å². The van der Waals surface area contributed by atoms with Gasteiger partial charge in [0, 0.05) is 74.9 Å². The minimum atomic E-state index is -0.833. The van der Waals surface area contributed by atoms with E-state index in [2.05, 4.69) is 57.0 Å². The van der Waals surface area contributed by atoms with E-state index in [1.54, 1.807) is 24.1 Å². The first-order valence-electron chi connectivity index (χ1n) is 22.3. The molecule has 0 aliphatic carbocycles. The van der Waals surface area contributed by atoms with Crippen LogP contribution < -0.4 is 26.4 Å². The number of likely N-dealkylation sites (tertiary alicyclic amines) is 1. The summed E-state index contributed by atoms with van der Waals surface area (Å²) in [5.41, 5.74) is 7.13. The minimum Gasteiger partial charge on any atom is -0.506 e. The number of phenols is 1. The summed E-state index contributed by atoms with van der Waals surface area (Å²) < 4.78 is 5.78. The Balaban J connectivity index is 0.761. The number of rotatable bonds is 18. The van der Waals surface area contributed by atoms with E-state index in [0.29, 0.717) is 67.5 Å². The molecule has 3 amide bonds. The van der Waals surface area contributed by atoms with Crippen molar-refractivity contribution < 1.29 is 29.3 Å². The number of nitrogens with one attached hydrogen (secondary N) is 4. The monoisotopic (exact) mass is 878 g/mol. The topological polar surface area (TPSA) is 176 Å². The number of carbonyl (C=O) groups excluding carboxylic acids is 3. The molecule has 0 bridgehead atoms. The van der Waals surface area contributed by atoms with E-state index in [0.717, 1.165) is 53.0 Å². The second kappa shape index (κ2) is 22.2. The van der Waals surface area contributed by atoms with Crippen molar-refractivity contribution in [1.29, 1.82) is 0 Å². The van der Waals surface area contributed by atoms with Crippen LogP contribution in [0.15, 0.2) is 132 Å². The van der Waals surface area contributed by atoms with Crippen LogP contribution in [0.3, 0.4) is 0 Å². The maximum atomic E-state index is 13.1. The number of anilines is 2. The molecule has 0 unspecified atom stereocenters. The number of para-hydroxylation sites is 1. The van der Waals surface area contributed by atoms with Crippen molar-refractivity contribution in [3.05, 3.63) is 160 Å². The predicted octanol–water partition coefficient (Wildman–Crippen LogP) is 7.12. The third kappa shape index (κ3) is 12.9. The van der Waals surface area contributed by atoms with Crippen LogP contribution in [0.5, 0.6) is 5.75 Å². The molecule has 7 rings (SSSR count). The maximum absolute atomic E-state index is 13.1. The fourth-order valence-corrected chi connectivity index (χ4v) is 8.24. The van der Waals surface area contributed by atoms with Crippen LogP contribution in [0.1, 0.15) is 54.5 Å². The lowest BCUT2D eigenvalue weighted by atomic mass is 10.0. The molecule has 5 aromatic carbocycles. The number of aromatic amines is 1. The largest absolute Gasteiger partial charge is 0.506 e. The third-order valence-electron chi connectivity index (χ3n) is 12.0. The molecular weight excluding hydrogens is 821 g/mol. The standard InChI is InChI=1S/C52H58N6O7/c1-35(54-34-47(60)43-20-22-46(59)51-44(43)21-23-48(61)56-51)32-37-14-12-36(13-15-37)24-28-53-49(62)33-38-16-18-40(19-17-38)57(2)50(63)27-31-58-29-25-41(26-30-58)65-52(64)55-45-11-7-6-10-42(45)39-8-4-3-5-9-39/h3-23,35,41,47,54,59-60H,24-34H2,1-2H3,(H,53,62)(H,55,64)(H,56,61)/t35-,47-/m0/s1. The average molecular weight is 879 g/mol. The highest BCUT2D eigenvalue weighted by Crippen LogP contribution is 2.30. The smallest absolute Gasteiger partial charge is 0.411 e. The fourth-order valence-electron chi connectivity index (χ4n) is 8.24. The maximum Gasteiger partial charge on any atom is 0.411 e. The molecule has 1 fully saturated rings. The van der Waals surface area contributed by atoms with Gasteiger partial charge in [0.1, 0.15) is 11.9 Å². The molecular formula is C52H58N6O7. The van der Waals surface area contributed by atoms with E-state index < -0.39 is 12.2 Å². The number of amides is 3. The molecule has 6 N–H and O–H groups in total. The number of hydrogen-bond donors (Lipinski definition) is 6. The quantitative estimate of drug-likeness (QED) is 0.0525. The van der Waals surface area contributed by atoms with Gasteiger partial charge in [-0.05, 0) is 90.8 Å². The summed E-state index contributed by atoms with van der Waals surface area (Å²) in [5.74, 6) is -0.113. The van der Waals surface area contributed by atoms with Crippen molar-refractivity contribution in [2.75, 3.05) is 50.0 Å². The van der Waals surface area contributed by atoms with Crippen molar-refractivity contribution in [3.8, 4) is 16.9 Å². The normalized spacial score (nSPS) is 14.1. The van der Waals surface area contributed by atoms with Gasteiger partial charge in [0.2, 0.25) is 17.4 Å². The van der Waals surface area contributed by atoms with Gasteiger partial charge in [0.15, 0.2) is 0 Å². The van der Waals surface area contributed by atoms with Crippen molar-refractivity contribution in [3.63, 3.8) is 0 Å². The molecule has 65 heavy (non-hydrogen) atoms. The number of aliphatic hydroxyl groups excluding tert-OH is 1. The van der Waals surface area contributed by atoms with E-state index in [1.807, 2.05) is 78.9 Å². The molecule has 2 atom stereocenters. The van der Waals surface area contributed by atoms with Gasteiger partial charge in [-0.15, -0.1) is 0 Å². The van der Waals surface area contributed by atoms with Crippen LogP contribution in [0.25, 0.3) is 22.0 Å². The first kappa shape index (κ1) is 46.2. The highest BCUT2D eigenvalue weighted by Gasteiger charge is 2.24. The lowest BCUT2D eigenvalue weighted by Crippen LogP contribution is -2.40. The van der Waals surface area contributed by atoms with Gasteiger partial charge in [0.05, 0.1) is 23.7 Å². The molecule has 1 aliphatic heterocycles. The molecule has 1 aliphatic rings. The van der Waals surface area contributed by atoms with E-state index in [4.69, 9.17) is 4.74 Å². The number of piperidine rings is 1. The van der Waals surface area contributed by atoms with Gasteiger partial charge in [-0.1, -0.05) is 91.0 Å². The van der Waals surface area contributed by atoms with Crippen molar-refractivity contribution in [2.45, 2.75) is 63.7 Å². The number of carbonyl (C=O) groups is 3. The summed E-state index contributed by atoms with van der Waals surface area (Å²) in [4.78, 5) is 57.0. The molecule has 0 saturated carbocycles. The Morgan fingerprint density at radius 1 is 0.846 bits per heavy atom. The molecule has 338 valence electrons. The van der Waals surface area contributed by atoms with Crippen molar-refractivity contribution in [1.82, 2.24) is 20.5 Å². The number of aliphatic hydroxyl groups is 1. The molecule has 1 saturated heterocycles. The van der Waals surface area contributed by atoms with Crippen LogP contribution in [0.2, 0.25) is 0 Å². The van der Waals surface area contributed by atoms with Gasteiger partial charge in [-0.25, -0.2) is 4.79 Å². The zero-order valence-electron chi connectivity index (χ0n) is 37.0. The summed E-state index contributed by atoms with van der Waals surface area (Å²) in [6, 6.07) is 39.6. The number of H-pyrrole nitrogens is 1. The number of phenolic OH excluding ortho intramolecular Hbond substituents is 1. The molecule has 13 nitrogen and oxygen atoms in total. The summed E-state index contributed by atoms with van der Waals surface area (Å²) in [6.45, 7) is 4.95. The van der Waals surface area contributed by atoms with E-state index in [1.165, 1.54) is 12.1 Å². The van der Waals surface area contributed by atoms with E-state index in [-0.39, 0.29) is 41.7 Å². The van der Waals surface area contributed by atoms with Crippen molar-refractivity contribution >= 4 is 40.2 Å². The molecule has 6 aromatic rings. The SMILES string of the molecule is C[C@@H](Cc1ccc(CCNC(=O)Cc2ccc(N(C)C(=O)CCN3CCC(OC(=O)Nc4ccccc4-c4ccccc4)CC3)cc2)cc1)NC[C@H](O)c1ccc(O)c2[nH]c(=O)ccc12. The number of pyridine rings is 1. The van der Waals surface area contributed by atoms with Gasteiger partial charge < -0.3 is 40.4 Å². The summed E-state index contributed by atoms with van der Waals surface area (Å²) in [7, 11) is 1.77. The molecule has 0 radical (unpaired) electrons. The van der Waals surface area contributed by atoms with E-state index >= 15 is 0 Å². The van der Waals surface area contributed by atoms with Gasteiger partial charge in [-0.3, -0.25) is 19.7 Å². The highest BCUT2D eigenvalue weighted by molar-refractivity contribution is 5.93. The highest BCUT2D eigenvalue weighted by atomic mass is 16.6. The summed E-state index contributed by atoms with van der Waals surface area (Å²) in [5, 5.41) is 31.0. The number of ether oxygens (including phenoxy) is 1. The van der Waals surface area contributed by atoms with E-state index in [9.17, 15) is 29.4 Å². The number of fused-ring (bicyclic) bond motifs is 1. The van der Waals surface area contributed by atoms with Gasteiger partial charge in [-0.2, -0.15) is 0 Å². The van der Waals surface area contributed by atoms with Crippen LogP contribution in [-0.2, 0) is 33.6 Å². The fraction of sp³-hybridized carbons (Fsp3) is 0.308. The first-order chi connectivity index (χ1) is 31.5. The van der Waals surface area contributed by atoms with Crippen LogP contribution in [0, 0.1) is 0 Å². The van der Waals surface area contributed by atoms with Crippen LogP contribution in [0.4, 0.5) is 16.2 Å². The Hall–Kier alpha value is -6.80. The zero-order valence-corrected chi connectivity index (χ0v) is 37.0. The Labute approximate surface area is 379 Å². The van der Waals surface area contributed by atoms with Crippen LogP contribution in [-0.4, -0.2) is 89.9 Å². The third-order valence-corrected chi connectivity index (χ3v) is 12.0. The lowest BCUT2D eigenvalue weighted by molar-refractivity contribution is -0.120. The average Bonchev–Trinajstić information content (AvgIpc) is 3.31. The molecule has 2 heterocycles. The Morgan fingerprint density at radius 2 is 1.54 bits per heavy atom. The number of nitrogens with zero attached hydrogens (tertiary/aromatic N) is 2. The number of benzene rings is 5. The van der Waals surface area contributed by atoms with Crippen molar-refractivity contribution in [2.24, 2.45) is 0 Å². The molecule has 13 heteroatoms. The second-order valence-corrected chi connectivity index (χ2v) is 16.8. The molecule has 0 spiro atoms. The minimum absolute atomic E-state index is 0.00128. The summed E-state index contributed by atoms with van der Waals surface area (Å²) in [6.07, 6.45) is 1.95. The second-order valence-electron chi connectivity index (χ2n) is 16.8. The summed E-state index contributed by atoms with van der Waals surface area (Å²) >= 11 is 0. The Bertz CT molecular complexity index is 2590. The van der Waals surface area contributed by atoms with Gasteiger partial charge >= 0.3 is 6.09 Å².